The summed E-state index contributed by atoms with van der Waals surface area (Å²) in [7, 11) is 0. The highest BCUT2D eigenvalue weighted by atomic mass is 16.2. The number of imide groups is 2. The number of nitrogens with one attached hydrogen (secondary N) is 3. The minimum atomic E-state index is -0.686. The summed E-state index contributed by atoms with van der Waals surface area (Å²) in [6, 6.07) is 47.4. The standard InChI is InChI=1S/C69H55N7O5/c1-5-6-7-8-37-75-66(78)47-25-27-49-65-50(28-26-48(64(47)65)67(75)79)69(81)76(68(49)80)38-59(77)70-46-23-21-45(22-24-46)63-57-35-33-55(73-57)61(43-17-11-40(3)12-18-43)53-31-29-51(71-53)60(42-15-9-39(2)10-16-42)52-30-32-54(72-52)62(56-34-36-58(63)74-56)44-19-13-41(4)14-20-44/h9-36,71,74H,5-8,37-38H2,1-4H3,(H,70,77). The van der Waals surface area contributed by atoms with E-state index in [0.717, 1.165) is 125 Å². The monoisotopic (exact) mass is 1060 g/mol. The van der Waals surface area contributed by atoms with Gasteiger partial charge in [-0.15, -0.1) is 0 Å². The number of aromatic nitrogens is 4. The number of H-pyrrole nitrogens is 2. The van der Waals surface area contributed by atoms with E-state index in [1.807, 2.05) is 18.2 Å². The zero-order valence-electron chi connectivity index (χ0n) is 45.2. The van der Waals surface area contributed by atoms with E-state index in [2.05, 4.69) is 158 Å². The van der Waals surface area contributed by atoms with E-state index in [1.165, 1.54) is 17.0 Å². The van der Waals surface area contributed by atoms with Crippen LogP contribution in [-0.4, -0.2) is 72.4 Å². The first kappa shape index (κ1) is 50.4. The Bertz CT molecular complexity index is 4280. The number of rotatable bonds is 12. The molecule has 5 amide bonds. The first-order valence-corrected chi connectivity index (χ1v) is 27.5. The van der Waals surface area contributed by atoms with Gasteiger partial charge in [-0.25, -0.2) is 9.97 Å². The Labute approximate surface area is 467 Å². The Balaban J connectivity index is 0.883. The van der Waals surface area contributed by atoms with Crippen LogP contribution >= 0.6 is 0 Å². The van der Waals surface area contributed by atoms with Gasteiger partial charge in [0, 0.05) is 89.6 Å². The van der Waals surface area contributed by atoms with Crippen molar-refractivity contribution >= 4 is 92.4 Å². The zero-order chi connectivity index (χ0) is 55.6. The Hall–Kier alpha value is -10.1. The molecular formula is C69H55N7O5. The highest BCUT2D eigenvalue weighted by molar-refractivity contribution is 6.33. The third-order valence-corrected chi connectivity index (χ3v) is 15.8. The van der Waals surface area contributed by atoms with Crippen molar-refractivity contribution in [3.8, 4) is 44.5 Å². The third kappa shape index (κ3) is 8.95. The van der Waals surface area contributed by atoms with Gasteiger partial charge in [0.1, 0.15) is 6.54 Å². The van der Waals surface area contributed by atoms with Crippen molar-refractivity contribution in [3.63, 3.8) is 0 Å². The van der Waals surface area contributed by atoms with Crippen LogP contribution < -0.4 is 5.32 Å². The predicted octanol–water partition coefficient (Wildman–Crippen LogP) is 14.8. The minimum absolute atomic E-state index is 0.147. The van der Waals surface area contributed by atoms with Gasteiger partial charge >= 0.3 is 0 Å². The van der Waals surface area contributed by atoms with E-state index in [4.69, 9.17) is 9.97 Å². The summed E-state index contributed by atoms with van der Waals surface area (Å²) in [5.74, 6) is -2.85. The Kier molecular flexibility index (Phi) is 12.6. The lowest BCUT2D eigenvalue weighted by molar-refractivity contribution is -0.116. The molecule has 0 radical (unpaired) electrons. The summed E-state index contributed by atoms with van der Waals surface area (Å²) in [5.41, 5.74) is 18.8. The second kappa shape index (κ2) is 20.3. The first-order valence-electron chi connectivity index (χ1n) is 27.5. The molecule has 4 aliphatic heterocycles. The molecule has 0 fully saturated rings. The van der Waals surface area contributed by atoms with Crippen LogP contribution in [0.4, 0.5) is 5.69 Å². The van der Waals surface area contributed by atoms with Crippen molar-refractivity contribution in [2.75, 3.05) is 18.4 Å². The van der Waals surface area contributed by atoms with Crippen molar-refractivity contribution in [1.82, 2.24) is 29.7 Å². The molecule has 8 bridgehead atoms. The Morgan fingerprint density at radius 3 is 1.10 bits per heavy atom. The smallest absolute Gasteiger partial charge is 0.261 e. The summed E-state index contributed by atoms with van der Waals surface area (Å²) >= 11 is 0. The molecule has 0 saturated heterocycles. The van der Waals surface area contributed by atoms with Gasteiger partial charge in [-0.2, -0.15) is 0 Å². The molecule has 0 aliphatic carbocycles. The molecule has 3 N–H and O–H groups in total. The van der Waals surface area contributed by atoms with Crippen LogP contribution in [-0.2, 0) is 4.79 Å². The van der Waals surface area contributed by atoms with Crippen LogP contribution in [0.1, 0.15) is 114 Å². The lowest BCUT2D eigenvalue weighted by Gasteiger charge is -2.31. The molecule has 0 saturated carbocycles. The van der Waals surface area contributed by atoms with Crippen LogP contribution in [0.3, 0.4) is 0 Å². The van der Waals surface area contributed by atoms with Crippen LogP contribution in [0.5, 0.6) is 0 Å². The highest BCUT2D eigenvalue weighted by Crippen LogP contribution is 2.41. The number of carbonyl (C=O) groups is 5. The fourth-order valence-electron chi connectivity index (χ4n) is 11.7. The van der Waals surface area contributed by atoms with Gasteiger partial charge in [0.05, 0.1) is 22.8 Å². The van der Waals surface area contributed by atoms with Crippen molar-refractivity contribution in [3.05, 3.63) is 207 Å². The average Bonchev–Trinajstić information content (AvgIpc) is 4.51. The van der Waals surface area contributed by atoms with Crippen LogP contribution in [0.25, 0.3) is 102 Å². The first-order chi connectivity index (χ1) is 39.4. The molecule has 0 atom stereocenters. The van der Waals surface area contributed by atoms with Crippen LogP contribution in [0.15, 0.2) is 146 Å². The van der Waals surface area contributed by atoms with Crippen molar-refractivity contribution in [1.29, 1.82) is 0 Å². The van der Waals surface area contributed by atoms with Gasteiger partial charge in [-0.1, -0.05) is 128 Å². The number of nitrogens with zero attached hydrogens (tertiary/aromatic N) is 4. The largest absolute Gasteiger partial charge is 0.354 e. The van der Waals surface area contributed by atoms with E-state index in [-0.39, 0.29) is 34.2 Å². The zero-order valence-corrected chi connectivity index (χ0v) is 45.2. The topological polar surface area (TPSA) is 161 Å². The molecule has 0 unspecified atom stereocenters. The summed E-state index contributed by atoms with van der Waals surface area (Å²) in [6.07, 6.45) is 11.9. The van der Waals surface area contributed by atoms with E-state index >= 15 is 0 Å². The number of carbonyl (C=O) groups excluding carboxylic acids is 5. The van der Waals surface area contributed by atoms with E-state index in [1.54, 1.807) is 24.3 Å². The van der Waals surface area contributed by atoms with Crippen LogP contribution in [0.2, 0.25) is 0 Å². The molecule has 81 heavy (non-hydrogen) atoms. The number of unbranched alkanes of at least 4 members (excludes halogenated alkanes) is 3. The molecule has 12 nitrogen and oxygen atoms in total. The number of fused-ring (bicyclic) bond motifs is 8. The van der Waals surface area contributed by atoms with Crippen molar-refractivity contribution in [2.24, 2.45) is 0 Å². The summed E-state index contributed by atoms with van der Waals surface area (Å²) < 4.78 is 0. The van der Waals surface area contributed by atoms with E-state index < -0.39 is 36.1 Å². The van der Waals surface area contributed by atoms with Gasteiger partial charge in [0.25, 0.3) is 23.6 Å². The SMILES string of the molecule is CCCCCCN1C(=O)c2ccc3c4c(ccc(c24)C1=O)C(=O)N(CC(=O)Nc1ccc(-c2c4nc(c(-c5ccc(C)cc5)c5ccc([nH]5)c(-c5ccc(C)cc5)c5nc(c(-c6ccc(C)cc6)c6ccc2[nH]6)C=C5)C=C4)cc1)C3=O. The maximum absolute atomic E-state index is 14.2. The maximum atomic E-state index is 14.2. The highest BCUT2D eigenvalue weighted by Gasteiger charge is 2.40. The summed E-state index contributed by atoms with van der Waals surface area (Å²) in [5, 5.41) is 3.47. The number of hydrogen-bond donors (Lipinski definition) is 3. The van der Waals surface area contributed by atoms with Gasteiger partial charge in [0.2, 0.25) is 5.91 Å². The maximum Gasteiger partial charge on any atom is 0.261 e. The fourth-order valence-corrected chi connectivity index (χ4v) is 11.7. The predicted molar refractivity (Wildman–Crippen MR) is 322 cm³/mol. The molecule has 7 heterocycles. The molecule has 3 aromatic heterocycles. The van der Waals surface area contributed by atoms with Gasteiger partial charge in [0.15, 0.2) is 0 Å². The molecular weight excluding hydrogens is 1010 g/mol. The summed E-state index contributed by atoms with van der Waals surface area (Å²) in [6.45, 7) is 8.06. The van der Waals surface area contributed by atoms with Crippen molar-refractivity contribution in [2.45, 2.75) is 53.4 Å². The van der Waals surface area contributed by atoms with Gasteiger partial charge in [-0.3, -0.25) is 33.8 Å². The number of hydrogen-bond acceptors (Lipinski definition) is 7. The number of aromatic amines is 2. The second-order valence-corrected chi connectivity index (χ2v) is 21.3. The van der Waals surface area contributed by atoms with E-state index in [0.29, 0.717) is 23.2 Å². The number of benzene rings is 6. The third-order valence-electron chi connectivity index (χ3n) is 15.8. The normalized spacial score (nSPS) is 13.5. The van der Waals surface area contributed by atoms with Gasteiger partial charge < -0.3 is 15.3 Å². The van der Waals surface area contributed by atoms with E-state index in [9.17, 15) is 24.0 Å². The van der Waals surface area contributed by atoms with Crippen molar-refractivity contribution < 1.29 is 24.0 Å². The second-order valence-electron chi connectivity index (χ2n) is 21.3. The summed E-state index contributed by atoms with van der Waals surface area (Å²) in [4.78, 5) is 90.4. The lowest BCUT2D eigenvalue weighted by atomic mass is 9.86. The Morgan fingerprint density at radius 1 is 0.420 bits per heavy atom. The molecule has 6 aromatic carbocycles. The molecule has 9 aromatic rings. The number of anilines is 1. The van der Waals surface area contributed by atoms with Crippen LogP contribution in [0, 0.1) is 20.8 Å². The molecule has 0 spiro atoms. The number of aryl methyl sites for hydroxylation is 3. The van der Waals surface area contributed by atoms with Gasteiger partial charge in [-0.05, 0) is 134 Å². The lowest BCUT2D eigenvalue weighted by Crippen LogP contribution is -2.46. The number of amides is 5. The fraction of sp³-hybridized carbons (Fsp3) is 0.145. The quantitative estimate of drug-likeness (QED) is 0.0810. The minimum Gasteiger partial charge on any atom is -0.354 e. The Morgan fingerprint density at radius 2 is 0.753 bits per heavy atom. The average molecular weight is 1060 g/mol. The molecule has 396 valence electrons. The molecule has 4 aliphatic rings. The molecule has 12 heteroatoms. The molecule has 13 rings (SSSR count).